The number of piperidine rings is 1. The number of pyridine rings is 1. The Hall–Kier alpha value is -1.62. The molecular weight excluding hydrogens is 420 g/mol. The van der Waals surface area contributed by atoms with E-state index in [-0.39, 0.29) is 6.10 Å². The Morgan fingerprint density at radius 2 is 1.86 bits per heavy atom. The van der Waals surface area contributed by atoms with Crippen molar-refractivity contribution in [2.45, 2.75) is 81.6 Å². The SMILES string of the molecule is N#Cc1cc2c(Br)c(NC3CCC(N4C5CCC(O)C4CC5)CC3)ncc2o1. The fourth-order valence-corrected chi connectivity index (χ4v) is 6.12. The first-order valence-corrected chi connectivity index (χ1v) is 11.1. The van der Waals surface area contributed by atoms with Crippen molar-refractivity contribution in [2.75, 3.05) is 5.32 Å². The van der Waals surface area contributed by atoms with E-state index >= 15 is 0 Å². The number of halogens is 1. The van der Waals surface area contributed by atoms with Gasteiger partial charge in [-0.05, 0) is 67.3 Å². The van der Waals surface area contributed by atoms with Gasteiger partial charge in [-0.1, -0.05) is 0 Å². The smallest absolute Gasteiger partial charge is 0.204 e. The van der Waals surface area contributed by atoms with Gasteiger partial charge >= 0.3 is 0 Å². The van der Waals surface area contributed by atoms with Crippen molar-refractivity contribution < 1.29 is 9.52 Å². The summed E-state index contributed by atoms with van der Waals surface area (Å²) in [5.74, 6) is 1.11. The lowest BCUT2D eigenvalue weighted by atomic mass is 9.87. The Kier molecular flexibility index (Phi) is 4.82. The van der Waals surface area contributed by atoms with E-state index in [0.29, 0.717) is 35.5 Å². The molecule has 148 valence electrons. The number of aromatic nitrogens is 1. The number of hydrogen-bond acceptors (Lipinski definition) is 6. The average Bonchev–Trinajstić information content (AvgIpc) is 3.28. The molecule has 1 saturated carbocycles. The van der Waals surface area contributed by atoms with Crippen LogP contribution in [0.5, 0.6) is 0 Å². The first-order valence-electron chi connectivity index (χ1n) is 10.3. The molecule has 2 aromatic rings. The molecule has 1 aliphatic carbocycles. The number of aliphatic hydroxyl groups is 1. The maximum atomic E-state index is 10.4. The summed E-state index contributed by atoms with van der Waals surface area (Å²) in [5.41, 5.74) is 0.622. The fourth-order valence-electron chi connectivity index (χ4n) is 5.59. The van der Waals surface area contributed by atoms with Crippen LogP contribution in [0.4, 0.5) is 5.82 Å². The summed E-state index contributed by atoms with van der Waals surface area (Å²) in [5, 5.41) is 23.9. The Labute approximate surface area is 173 Å². The third-order valence-corrected chi connectivity index (χ3v) is 7.73. The predicted octanol–water partition coefficient (Wildman–Crippen LogP) is 4.17. The summed E-state index contributed by atoms with van der Waals surface area (Å²) in [7, 11) is 0. The van der Waals surface area contributed by atoms with E-state index in [4.69, 9.17) is 9.68 Å². The van der Waals surface area contributed by atoms with E-state index < -0.39 is 0 Å². The molecule has 3 atom stereocenters. The van der Waals surface area contributed by atoms with Gasteiger partial charge in [-0.2, -0.15) is 5.26 Å². The second-order valence-corrected chi connectivity index (χ2v) is 9.25. The highest BCUT2D eigenvalue weighted by Gasteiger charge is 2.45. The molecule has 0 spiro atoms. The highest BCUT2D eigenvalue weighted by Crippen LogP contribution is 2.41. The van der Waals surface area contributed by atoms with Crippen molar-refractivity contribution in [3.05, 3.63) is 22.5 Å². The lowest BCUT2D eigenvalue weighted by molar-refractivity contribution is -0.0198. The van der Waals surface area contributed by atoms with E-state index in [1.165, 1.54) is 19.3 Å². The van der Waals surface area contributed by atoms with Gasteiger partial charge in [0.25, 0.3) is 0 Å². The normalized spacial score (nSPS) is 33.1. The molecule has 4 heterocycles. The molecule has 2 N–H and O–H groups in total. The van der Waals surface area contributed by atoms with Gasteiger partial charge in [-0.3, -0.25) is 4.90 Å². The van der Waals surface area contributed by atoms with Gasteiger partial charge < -0.3 is 14.8 Å². The molecule has 3 aliphatic rings. The molecule has 2 bridgehead atoms. The minimum Gasteiger partial charge on any atom is -0.444 e. The number of furan rings is 1. The van der Waals surface area contributed by atoms with Crippen LogP contribution < -0.4 is 5.32 Å². The molecule has 7 heteroatoms. The lowest BCUT2D eigenvalue weighted by Crippen LogP contribution is -2.53. The fraction of sp³-hybridized carbons (Fsp3) is 0.619. The molecule has 3 unspecified atom stereocenters. The molecule has 28 heavy (non-hydrogen) atoms. The van der Waals surface area contributed by atoms with Crippen molar-refractivity contribution >= 4 is 32.7 Å². The highest BCUT2D eigenvalue weighted by molar-refractivity contribution is 9.10. The maximum absolute atomic E-state index is 10.4. The van der Waals surface area contributed by atoms with Crippen LogP contribution in [0.15, 0.2) is 21.2 Å². The van der Waals surface area contributed by atoms with Gasteiger partial charge in [0.15, 0.2) is 5.58 Å². The molecular formula is C21H25BrN4O2. The van der Waals surface area contributed by atoms with E-state index in [2.05, 4.69) is 31.1 Å². The predicted molar refractivity (Wildman–Crippen MR) is 110 cm³/mol. The van der Waals surface area contributed by atoms with Crippen LogP contribution >= 0.6 is 15.9 Å². The molecule has 6 nitrogen and oxygen atoms in total. The number of nitriles is 1. The van der Waals surface area contributed by atoms with Crippen LogP contribution in [-0.2, 0) is 0 Å². The summed E-state index contributed by atoms with van der Waals surface area (Å²) in [6.45, 7) is 0. The molecule has 2 aliphatic heterocycles. The summed E-state index contributed by atoms with van der Waals surface area (Å²) in [4.78, 5) is 7.16. The Balaban J connectivity index is 1.25. The number of nitrogens with one attached hydrogen (secondary N) is 1. The third kappa shape index (κ3) is 3.12. The molecule has 2 saturated heterocycles. The molecule has 3 fully saturated rings. The van der Waals surface area contributed by atoms with Gasteiger partial charge in [0.05, 0.1) is 16.8 Å². The number of nitrogens with zero attached hydrogens (tertiary/aromatic N) is 3. The topological polar surface area (TPSA) is 85.3 Å². The monoisotopic (exact) mass is 444 g/mol. The number of fused-ring (bicyclic) bond motifs is 3. The van der Waals surface area contributed by atoms with Crippen LogP contribution in [0.25, 0.3) is 11.0 Å². The van der Waals surface area contributed by atoms with Gasteiger partial charge in [0.1, 0.15) is 11.9 Å². The van der Waals surface area contributed by atoms with Crippen LogP contribution in [-0.4, -0.2) is 45.3 Å². The van der Waals surface area contributed by atoms with Crippen LogP contribution in [0, 0.1) is 11.3 Å². The van der Waals surface area contributed by atoms with E-state index in [0.717, 1.165) is 47.8 Å². The van der Waals surface area contributed by atoms with Crippen molar-refractivity contribution in [1.29, 1.82) is 5.26 Å². The largest absolute Gasteiger partial charge is 0.444 e. The number of hydrogen-bond donors (Lipinski definition) is 2. The Morgan fingerprint density at radius 3 is 2.61 bits per heavy atom. The van der Waals surface area contributed by atoms with Crippen molar-refractivity contribution in [2.24, 2.45) is 0 Å². The van der Waals surface area contributed by atoms with Gasteiger partial charge in [-0.25, -0.2) is 4.98 Å². The zero-order chi connectivity index (χ0) is 19.3. The van der Waals surface area contributed by atoms with Crippen molar-refractivity contribution in [3.63, 3.8) is 0 Å². The number of rotatable bonds is 3. The Bertz CT molecular complexity index is 915. The minimum absolute atomic E-state index is 0.130. The second-order valence-electron chi connectivity index (χ2n) is 8.46. The second kappa shape index (κ2) is 7.33. The van der Waals surface area contributed by atoms with E-state index in [9.17, 15) is 5.11 Å². The quantitative estimate of drug-likeness (QED) is 0.738. The molecule has 0 radical (unpaired) electrons. The Morgan fingerprint density at radius 1 is 1.14 bits per heavy atom. The highest BCUT2D eigenvalue weighted by atomic mass is 79.9. The maximum Gasteiger partial charge on any atom is 0.204 e. The van der Waals surface area contributed by atoms with E-state index in [1.807, 2.05) is 6.07 Å². The number of anilines is 1. The molecule has 2 aromatic heterocycles. The third-order valence-electron chi connectivity index (χ3n) is 6.93. The van der Waals surface area contributed by atoms with Gasteiger partial charge in [0.2, 0.25) is 5.76 Å². The van der Waals surface area contributed by atoms with Crippen LogP contribution in [0.3, 0.4) is 0 Å². The van der Waals surface area contributed by atoms with Crippen molar-refractivity contribution in [1.82, 2.24) is 9.88 Å². The zero-order valence-electron chi connectivity index (χ0n) is 15.8. The average molecular weight is 445 g/mol. The summed E-state index contributed by atoms with van der Waals surface area (Å²) in [6.07, 6.45) is 10.7. The standard InChI is InChI=1S/C21H25BrN4O2/c22-20-16-9-15(10-23)28-19(16)11-24-21(20)25-12-1-3-13(4-2-12)26-14-5-7-17(26)18(27)8-6-14/h9,11-14,17-18,27H,1-8H2,(H,24,25). The number of aliphatic hydroxyl groups excluding tert-OH is 1. The molecule has 5 rings (SSSR count). The summed E-state index contributed by atoms with van der Waals surface area (Å²) >= 11 is 3.63. The lowest BCUT2D eigenvalue weighted by Gasteiger charge is -2.45. The van der Waals surface area contributed by atoms with Crippen LogP contribution in [0.1, 0.15) is 57.1 Å². The molecule has 0 amide bonds. The first-order chi connectivity index (χ1) is 13.6. The minimum atomic E-state index is -0.130. The first kappa shape index (κ1) is 18.4. The van der Waals surface area contributed by atoms with Crippen LogP contribution in [0.2, 0.25) is 0 Å². The van der Waals surface area contributed by atoms with Crippen molar-refractivity contribution in [3.8, 4) is 6.07 Å². The van der Waals surface area contributed by atoms with Gasteiger partial charge in [0, 0.05) is 35.6 Å². The molecule has 0 aromatic carbocycles. The van der Waals surface area contributed by atoms with Gasteiger partial charge in [-0.15, -0.1) is 0 Å². The van der Waals surface area contributed by atoms with E-state index in [1.54, 1.807) is 12.3 Å². The summed E-state index contributed by atoms with van der Waals surface area (Å²) < 4.78 is 6.31. The summed E-state index contributed by atoms with van der Waals surface area (Å²) in [6, 6.07) is 5.87. The zero-order valence-corrected chi connectivity index (χ0v) is 17.4.